The molecule has 0 bridgehead atoms. The molecule has 0 aliphatic carbocycles. The summed E-state index contributed by atoms with van der Waals surface area (Å²) in [5, 5.41) is 17.8. The largest absolute Gasteiger partial charge is 0.476 e. The van der Waals surface area contributed by atoms with Crippen LogP contribution in [0.3, 0.4) is 0 Å². The van der Waals surface area contributed by atoms with E-state index >= 15 is 0 Å². The third kappa shape index (κ3) is 2.12. The average Bonchev–Trinajstić information content (AvgIpc) is 2.78. The molecule has 2 aromatic rings. The van der Waals surface area contributed by atoms with Gasteiger partial charge in [-0.1, -0.05) is 11.6 Å². The predicted octanol–water partition coefficient (Wildman–Crippen LogP) is 2.10. The van der Waals surface area contributed by atoms with E-state index < -0.39 is 5.97 Å². The maximum absolute atomic E-state index is 10.7. The third-order valence-electron chi connectivity index (χ3n) is 2.16. The Morgan fingerprint density at radius 3 is 2.82 bits per heavy atom. The SMILES string of the molecule is N#Cc1ccc(-n2cnc(C(=O)O)c2)c(Cl)c1. The van der Waals surface area contributed by atoms with E-state index in [-0.39, 0.29) is 5.69 Å². The van der Waals surface area contributed by atoms with Gasteiger partial charge >= 0.3 is 5.97 Å². The standard InChI is InChI=1S/C11H6ClN3O2/c12-8-3-7(4-13)1-2-10(8)15-5-9(11(16)17)14-6-15/h1-3,5-6H,(H,16,17). The van der Waals surface area contributed by atoms with Crippen molar-refractivity contribution in [1.82, 2.24) is 9.55 Å². The molecule has 0 fully saturated rings. The molecule has 2 rings (SSSR count). The van der Waals surface area contributed by atoms with Gasteiger partial charge in [0.2, 0.25) is 0 Å². The zero-order valence-corrected chi connectivity index (χ0v) is 9.22. The summed E-state index contributed by atoms with van der Waals surface area (Å²) < 4.78 is 1.49. The second kappa shape index (κ2) is 4.28. The number of carbonyl (C=O) groups is 1. The summed E-state index contributed by atoms with van der Waals surface area (Å²) in [7, 11) is 0. The maximum Gasteiger partial charge on any atom is 0.356 e. The summed E-state index contributed by atoms with van der Waals surface area (Å²) in [6.45, 7) is 0. The van der Waals surface area contributed by atoms with Crippen molar-refractivity contribution in [2.45, 2.75) is 0 Å². The van der Waals surface area contributed by atoms with Crippen LogP contribution >= 0.6 is 11.6 Å². The Balaban J connectivity index is 2.46. The molecular weight excluding hydrogens is 242 g/mol. The van der Waals surface area contributed by atoms with Gasteiger partial charge in [0.05, 0.1) is 22.3 Å². The highest BCUT2D eigenvalue weighted by molar-refractivity contribution is 6.32. The fraction of sp³-hybridized carbons (Fsp3) is 0. The van der Waals surface area contributed by atoms with Gasteiger partial charge < -0.3 is 9.67 Å². The molecule has 84 valence electrons. The molecule has 1 aromatic carbocycles. The van der Waals surface area contributed by atoms with Crippen LogP contribution in [0, 0.1) is 11.3 Å². The first-order valence-electron chi connectivity index (χ1n) is 4.59. The highest BCUT2D eigenvalue weighted by Gasteiger charge is 2.09. The summed E-state index contributed by atoms with van der Waals surface area (Å²) >= 11 is 5.98. The van der Waals surface area contributed by atoms with E-state index in [1.54, 1.807) is 12.1 Å². The smallest absolute Gasteiger partial charge is 0.356 e. The lowest BCUT2D eigenvalue weighted by Gasteiger charge is -2.04. The highest BCUT2D eigenvalue weighted by atomic mass is 35.5. The number of hydrogen-bond acceptors (Lipinski definition) is 3. The van der Waals surface area contributed by atoms with Crippen molar-refractivity contribution in [2.75, 3.05) is 0 Å². The van der Waals surface area contributed by atoms with Gasteiger partial charge in [0.15, 0.2) is 5.69 Å². The maximum atomic E-state index is 10.7. The monoisotopic (exact) mass is 247 g/mol. The van der Waals surface area contributed by atoms with Gasteiger partial charge in [-0.3, -0.25) is 0 Å². The van der Waals surface area contributed by atoms with Crippen molar-refractivity contribution in [1.29, 1.82) is 5.26 Å². The summed E-state index contributed by atoms with van der Waals surface area (Å²) in [4.78, 5) is 14.4. The van der Waals surface area contributed by atoms with Crippen LogP contribution < -0.4 is 0 Å². The number of aromatic carboxylic acids is 1. The molecule has 0 aliphatic rings. The Morgan fingerprint density at radius 1 is 1.53 bits per heavy atom. The molecule has 1 heterocycles. The molecular formula is C11H6ClN3O2. The number of halogens is 1. The molecule has 0 saturated heterocycles. The second-order valence-corrected chi connectivity index (χ2v) is 3.66. The number of hydrogen-bond donors (Lipinski definition) is 1. The normalized spacial score (nSPS) is 9.88. The molecule has 0 amide bonds. The minimum absolute atomic E-state index is 0.0644. The lowest BCUT2D eigenvalue weighted by Crippen LogP contribution is -1.96. The van der Waals surface area contributed by atoms with Crippen molar-refractivity contribution in [3.63, 3.8) is 0 Å². The Bertz CT molecular complexity index is 628. The lowest BCUT2D eigenvalue weighted by molar-refractivity contribution is 0.0691. The number of carboxylic acids is 1. The summed E-state index contributed by atoms with van der Waals surface area (Å²) in [5.74, 6) is -1.10. The van der Waals surface area contributed by atoms with Gasteiger partial charge in [0.25, 0.3) is 0 Å². The minimum Gasteiger partial charge on any atom is -0.476 e. The van der Waals surface area contributed by atoms with Crippen molar-refractivity contribution < 1.29 is 9.90 Å². The topological polar surface area (TPSA) is 78.9 Å². The molecule has 0 radical (unpaired) electrons. The molecule has 0 saturated carbocycles. The number of rotatable bonds is 2. The zero-order valence-electron chi connectivity index (χ0n) is 8.46. The van der Waals surface area contributed by atoms with E-state index in [9.17, 15) is 4.79 Å². The van der Waals surface area contributed by atoms with Gasteiger partial charge in [0.1, 0.15) is 6.33 Å². The fourth-order valence-corrected chi connectivity index (χ4v) is 1.63. The number of nitrogens with zero attached hydrogens (tertiary/aromatic N) is 3. The van der Waals surface area contributed by atoms with Gasteiger partial charge in [0, 0.05) is 6.20 Å². The van der Waals surface area contributed by atoms with E-state index in [1.807, 2.05) is 6.07 Å². The molecule has 17 heavy (non-hydrogen) atoms. The first-order valence-corrected chi connectivity index (χ1v) is 4.97. The van der Waals surface area contributed by atoms with E-state index in [2.05, 4.69) is 4.98 Å². The quantitative estimate of drug-likeness (QED) is 0.881. The highest BCUT2D eigenvalue weighted by Crippen LogP contribution is 2.21. The second-order valence-electron chi connectivity index (χ2n) is 3.25. The Morgan fingerprint density at radius 2 is 2.29 bits per heavy atom. The van der Waals surface area contributed by atoms with Crippen molar-refractivity contribution >= 4 is 17.6 Å². The molecule has 1 aromatic heterocycles. The van der Waals surface area contributed by atoms with Crippen molar-refractivity contribution in [2.24, 2.45) is 0 Å². The van der Waals surface area contributed by atoms with Crippen molar-refractivity contribution in [3.8, 4) is 11.8 Å². The molecule has 0 atom stereocenters. The first-order chi connectivity index (χ1) is 8.11. The Labute approximate surface area is 102 Å². The van der Waals surface area contributed by atoms with E-state index in [4.69, 9.17) is 22.0 Å². The summed E-state index contributed by atoms with van der Waals surface area (Å²) in [5.41, 5.74) is 0.952. The Hall–Kier alpha value is -2.32. The van der Waals surface area contributed by atoms with Crippen LogP contribution in [0.25, 0.3) is 5.69 Å². The van der Waals surface area contributed by atoms with Gasteiger partial charge in [-0.25, -0.2) is 9.78 Å². The predicted molar refractivity (Wildman–Crippen MR) is 60.2 cm³/mol. The number of carboxylic acid groups (broad SMARTS) is 1. The Kier molecular flexibility index (Phi) is 2.81. The number of nitriles is 1. The van der Waals surface area contributed by atoms with Crippen LogP contribution in [0.15, 0.2) is 30.7 Å². The molecule has 0 spiro atoms. The number of aromatic nitrogens is 2. The third-order valence-corrected chi connectivity index (χ3v) is 2.46. The van der Waals surface area contributed by atoms with Crippen LogP contribution in [0.2, 0.25) is 5.02 Å². The fourth-order valence-electron chi connectivity index (χ4n) is 1.35. The van der Waals surface area contributed by atoms with Crippen LogP contribution in [-0.4, -0.2) is 20.6 Å². The zero-order chi connectivity index (χ0) is 12.4. The van der Waals surface area contributed by atoms with E-state index in [1.165, 1.54) is 23.2 Å². The molecule has 5 nitrogen and oxygen atoms in total. The van der Waals surface area contributed by atoms with Gasteiger partial charge in [-0.2, -0.15) is 5.26 Å². The van der Waals surface area contributed by atoms with E-state index in [0.717, 1.165) is 0 Å². The first kappa shape index (κ1) is 11.2. The van der Waals surface area contributed by atoms with Crippen LogP contribution in [-0.2, 0) is 0 Å². The lowest BCUT2D eigenvalue weighted by atomic mass is 10.2. The van der Waals surface area contributed by atoms with Gasteiger partial charge in [-0.05, 0) is 18.2 Å². The summed E-state index contributed by atoms with van der Waals surface area (Å²) in [6.07, 6.45) is 2.71. The molecule has 6 heteroatoms. The molecule has 0 aliphatic heterocycles. The molecule has 0 unspecified atom stereocenters. The van der Waals surface area contributed by atoms with Crippen LogP contribution in [0.5, 0.6) is 0 Å². The van der Waals surface area contributed by atoms with Crippen molar-refractivity contribution in [3.05, 3.63) is 47.0 Å². The average molecular weight is 248 g/mol. The number of benzene rings is 1. The van der Waals surface area contributed by atoms with E-state index in [0.29, 0.717) is 16.3 Å². The van der Waals surface area contributed by atoms with Gasteiger partial charge in [-0.15, -0.1) is 0 Å². The number of imidazole rings is 1. The summed E-state index contributed by atoms with van der Waals surface area (Å²) in [6, 6.07) is 6.71. The van der Waals surface area contributed by atoms with Crippen LogP contribution in [0.4, 0.5) is 0 Å². The minimum atomic E-state index is -1.10. The van der Waals surface area contributed by atoms with Crippen LogP contribution in [0.1, 0.15) is 16.1 Å². The molecule has 1 N–H and O–H groups in total.